The van der Waals surface area contributed by atoms with Crippen LogP contribution in [-0.2, 0) is 32.5 Å². The van der Waals surface area contributed by atoms with Crippen molar-refractivity contribution in [2.24, 2.45) is 0 Å². The van der Waals surface area contributed by atoms with Gasteiger partial charge in [0.15, 0.2) is 0 Å². The number of para-hydroxylation sites is 1. The predicted octanol–water partition coefficient (Wildman–Crippen LogP) is 3.46. The van der Waals surface area contributed by atoms with E-state index in [1.54, 1.807) is 6.20 Å². The third-order valence-corrected chi connectivity index (χ3v) is 5.03. The number of benzene rings is 1. The zero-order valence-corrected chi connectivity index (χ0v) is 15.8. The van der Waals surface area contributed by atoms with E-state index in [0.29, 0.717) is 6.61 Å². The van der Waals surface area contributed by atoms with Gasteiger partial charge in [-0.25, -0.2) is 4.98 Å². The molecule has 0 radical (unpaired) electrons. The van der Waals surface area contributed by atoms with Gasteiger partial charge in [-0.15, -0.1) is 0 Å². The van der Waals surface area contributed by atoms with E-state index >= 15 is 0 Å². The van der Waals surface area contributed by atoms with Gasteiger partial charge in [-0.2, -0.15) is 0 Å². The molecule has 0 bridgehead atoms. The minimum absolute atomic E-state index is 0.619. The molecular weight excluding hydrogens is 340 g/mol. The fraction of sp³-hybridized carbons (Fsp3) is 0.429. The van der Waals surface area contributed by atoms with Gasteiger partial charge >= 0.3 is 0 Å². The van der Waals surface area contributed by atoms with Crippen molar-refractivity contribution in [2.75, 3.05) is 13.7 Å². The molecule has 6 heteroatoms. The summed E-state index contributed by atoms with van der Waals surface area (Å²) in [5, 5.41) is 4.32. The first-order chi connectivity index (χ1) is 13.3. The summed E-state index contributed by atoms with van der Waals surface area (Å²) < 4.78 is 13.6. The molecular formula is C21H26N4O2. The summed E-state index contributed by atoms with van der Waals surface area (Å²) in [4.78, 5) is 6.33. The number of ether oxygens (including phenoxy) is 1. The maximum atomic E-state index is 6.03. The van der Waals surface area contributed by atoms with Crippen LogP contribution in [0.3, 0.4) is 0 Å². The van der Waals surface area contributed by atoms with Crippen LogP contribution in [0, 0.1) is 0 Å². The maximum absolute atomic E-state index is 6.03. The second kappa shape index (κ2) is 8.39. The average Bonchev–Trinajstić information content (AvgIpc) is 3.34. The van der Waals surface area contributed by atoms with Crippen LogP contribution in [0.2, 0.25) is 0 Å². The summed E-state index contributed by atoms with van der Waals surface area (Å²) in [5.74, 6) is 2.03. The van der Waals surface area contributed by atoms with E-state index in [4.69, 9.17) is 9.26 Å². The van der Waals surface area contributed by atoms with Gasteiger partial charge < -0.3 is 13.8 Å². The van der Waals surface area contributed by atoms with E-state index < -0.39 is 0 Å². The first-order valence-corrected chi connectivity index (χ1v) is 9.61. The highest BCUT2D eigenvalue weighted by molar-refractivity contribution is 5.33. The zero-order chi connectivity index (χ0) is 18.5. The van der Waals surface area contributed by atoms with E-state index in [-0.39, 0.29) is 0 Å². The number of imidazole rings is 1. The highest BCUT2D eigenvalue weighted by Crippen LogP contribution is 2.26. The van der Waals surface area contributed by atoms with Crippen LogP contribution in [0.1, 0.15) is 35.4 Å². The molecule has 2 heterocycles. The normalized spacial score (nSPS) is 13.7. The van der Waals surface area contributed by atoms with Gasteiger partial charge in [0, 0.05) is 43.0 Å². The van der Waals surface area contributed by atoms with Crippen molar-refractivity contribution in [3.63, 3.8) is 0 Å². The van der Waals surface area contributed by atoms with Crippen LogP contribution < -0.4 is 4.74 Å². The number of aryl methyl sites for hydroxylation is 1. The molecule has 0 amide bonds. The number of hydrogen-bond acceptors (Lipinski definition) is 5. The van der Waals surface area contributed by atoms with Crippen molar-refractivity contribution in [3.05, 3.63) is 65.6 Å². The van der Waals surface area contributed by atoms with Gasteiger partial charge in [0.1, 0.15) is 23.8 Å². The Morgan fingerprint density at radius 3 is 2.96 bits per heavy atom. The molecule has 142 valence electrons. The molecule has 2 aromatic heterocycles. The summed E-state index contributed by atoms with van der Waals surface area (Å²) in [6.45, 7) is 3.01. The van der Waals surface area contributed by atoms with E-state index in [2.05, 4.69) is 34.2 Å². The molecule has 1 aromatic carbocycles. The lowest BCUT2D eigenvalue weighted by molar-refractivity contribution is 0.274. The molecule has 0 saturated heterocycles. The van der Waals surface area contributed by atoms with Crippen LogP contribution in [0.5, 0.6) is 5.75 Å². The van der Waals surface area contributed by atoms with Crippen molar-refractivity contribution >= 4 is 0 Å². The fourth-order valence-corrected chi connectivity index (χ4v) is 3.63. The Kier molecular flexibility index (Phi) is 5.53. The quantitative estimate of drug-likeness (QED) is 0.611. The predicted molar refractivity (Wildman–Crippen MR) is 102 cm³/mol. The van der Waals surface area contributed by atoms with Crippen LogP contribution in [-0.4, -0.2) is 33.3 Å². The largest absolute Gasteiger partial charge is 0.491 e. The Labute approximate surface area is 159 Å². The van der Waals surface area contributed by atoms with Crippen molar-refractivity contribution in [2.45, 2.75) is 45.3 Å². The molecule has 0 aliphatic heterocycles. The Morgan fingerprint density at radius 2 is 2.07 bits per heavy atom. The number of hydrogen-bond donors (Lipinski definition) is 0. The van der Waals surface area contributed by atoms with Gasteiger partial charge in [-0.3, -0.25) is 4.90 Å². The summed E-state index contributed by atoms with van der Waals surface area (Å²) in [5.41, 5.74) is 3.60. The topological polar surface area (TPSA) is 56.3 Å². The molecule has 1 aliphatic carbocycles. The van der Waals surface area contributed by atoms with E-state index in [9.17, 15) is 0 Å². The van der Waals surface area contributed by atoms with Crippen molar-refractivity contribution in [1.29, 1.82) is 0 Å². The van der Waals surface area contributed by atoms with Gasteiger partial charge in [0.25, 0.3) is 0 Å². The number of rotatable bonds is 8. The third kappa shape index (κ3) is 4.39. The zero-order valence-electron chi connectivity index (χ0n) is 15.8. The van der Waals surface area contributed by atoms with Crippen LogP contribution in [0.4, 0.5) is 0 Å². The minimum atomic E-state index is 0.619. The molecule has 0 atom stereocenters. The van der Waals surface area contributed by atoms with E-state index in [1.165, 1.54) is 24.0 Å². The molecule has 0 saturated carbocycles. The van der Waals surface area contributed by atoms with Crippen molar-refractivity contribution in [1.82, 2.24) is 19.6 Å². The molecule has 0 unspecified atom stereocenters. The lowest BCUT2D eigenvalue weighted by Gasteiger charge is -2.19. The van der Waals surface area contributed by atoms with Crippen molar-refractivity contribution < 1.29 is 9.26 Å². The fourth-order valence-electron chi connectivity index (χ4n) is 3.63. The Balaban J connectivity index is 1.36. The third-order valence-electron chi connectivity index (χ3n) is 5.03. The number of fused-ring (bicyclic) bond motifs is 1. The Bertz CT molecular complexity index is 857. The lowest BCUT2D eigenvalue weighted by atomic mass is 9.96. The summed E-state index contributed by atoms with van der Waals surface area (Å²) in [7, 11) is 2.12. The van der Waals surface area contributed by atoms with E-state index in [1.807, 2.05) is 29.2 Å². The summed E-state index contributed by atoms with van der Waals surface area (Å²) in [6.07, 6.45) is 10.1. The van der Waals surface area contributed by atoms with Crippen LogP contribution in [0.15, 0.2) is 47.5 Å². The highest BCUT2D eigenvalue weighted by Gasteiger charge is 2.20. The molecule has 0 fully saturated rings. The van der Waals surface area contributed by atoms with Crippen LogP contribution >= 0.6 is 0 Å². The number of aromatic nitrogens is 3. The molecule has 1 aliphatic rings. The average molecular weight is 366 g/mol. The molecule has 3 aromatic rings. The molecule has 0 N–H and O–H groups in total. The highest BCUT2D eigenvalue weighted by atomic mass is 16.5. The molecule has 6 nitrogen and oxygen atoms in total. The van der Waals surface area contributed by atoms with E-state index in [0.717, 1.165) is 49.7 Å². The smallest absolute Gasteiger partial charge is 0.140 e. The Hall–Kier alpha value is -2.60. The van der Waals surface area contributed by atoms with Gasteiger partial charge in [-0.05, 0) is 32.4 Å². The molecule has 27 heavy (non-hydrogen) atoms. The summed E-state index contributed by atoms with van der Waals surface area (Å²) >= 11 is 0. The second-order valence-electron chi connectivity index (χ2n) is 7.17. The van der Waals surface area contributed by atoms with Crippen LogP contribution in [0.25, 0.3) is 0 Å². The minimum Gasteiger partial charge on any atom is -0.491 e. The lowest BCUT2D eigenvalue weighted by Crippen LogP contribution is -2.19. The monoisotopic (exact) mass is 366 g/mol. The SMILES string of the molecule is CN(Cc1ccccc1OCCn1ccnc1)Cc1noc2c1CCCC2. The second-order valence-corrected chi connectivity index (χ2v) is 7.17. The number of nitrogens with zero attached hydrogens (tertiary/aromatic N) is 4. The Morgan fingerprint density at radius 1 is 1.19 bits per heavy atom. The molecule has 0 spiro atoms. The summed E-state index contributed by atoms with van der Waals surface area (Å²) in [6, 6.07) is 8.24. The van der Waals surface area contributed by atoms with Gasteiger partial charge in [0.2, 0.25) is 0 Å². The van der Waals surface area contributed by atoms with Gasteiger partial charge in [-0.1, -0.05) is 23.4 Å². The maximum Gasteiger partial charge on any atom is 0.140 e. The van der Waals surface area contributed by atoms with Crippen molar-refractivity contribution in [3.8, 4) is 5.75 Å². The first-order valence-electron chi connectivity index (χ1n) is 9.61. The first kappa shape index (κ1) is 17.8. The van der Waals surface area contributed by atoms with Gasteiger partial charge in [0.05, 0.1) is 12.9 Å². The molecule has 4 rings (SSSR count). The standard InChI is InChI=1S/C21H26N4O2/c1-24(15-19-18-7-3-5-9-21(18)27-23-19)14-17-6-2-4-8-20(17)26-13-12-25-11-10-22-16-25/h2,4,6,8,10-11,16H,3,5,7,9,12-15H2,1H3.